The molecule has 0 saturated carbocycles. The van der Waals surface area contributed by atoms with Crippen LogP contribution in [0.15, 0.2) is 36.4 Å². The van der Waals surface area contributed by atoms with Crippen LogP contribution in [0.5, 0.6) is 0 Å². The number of halogens is 5. The third-order valence-electron chi connectivity index (χ3n) is 3.05. The van der Waals surface area contributed by atoms with Crippen LogP contribution in [0, 0.1) is 18.6 Å². The molecule has 0 aliphatic rings. The van der Waals surface area contributed by atoms with Gasteiger partial charge in [0.1, 0.15) is 11.6 Å². The summed E-state index contributed by atoms with van der Waals surface area (Å²) < 4.78 is 64.2. The number of rotatable bonds is 3. The SMILES string of the molecule is Cc1ccc(C(F)(F)F)cc1NCc1ccc(F)cc1F. The van der Waals surface area contributed by atoms with Crippen LogP contribution < -0.4 is 5.32 Å². The lowest BCUT2D eigenvalue weighted by Crippen LogP contribution is -2.08. The number of aryl methyl sites for hydroxylation is 1. The van der Waals surface area contributed by atoms with E-state index in [4.69, 9.17) is 0 Å². The fourth-order valence-corrected chi connectivity index (χ4v) is 1.84. The molecular weight excluding hydrogens is 289 g/mol. The van der Waals surface area contributed by atoms with Gasteiger partial charge in [0.05, 0.1) is 5.56 Å². The average molecular weight is 301 g/mol. The van der Waals surface area contributed by atoms with Gasteiger partial charge in [0.25, 0.3) is 0 Å². The van der Waals surface area contributed by atoms with Crippen molar-refractivity contribution in [3.05, 3.63) is 64.7 Å². The van der Waals surface area contributed by atoms with Gasteiger partial charge in [-0.25, -0.2) is 8.78 Å². The minimum absolute atomic E-state index is 0.0335. The van der Waals surface area contributed by atoms with E-state index in [1.807, 2.05) is 0 Å². The largest absolute Gasteiger partial charge is 0.416 e. The molecule has 0 unspecified atom stereocenters. The second-order valence-electron chi connectivity index (χ2n) is 4.62. The van der Waals surface area contributed by atoms with Gasteiger partial charge < -0.3 is 5.32 Å². The third-order valence-corrected chi connectivity index (χ3v) is 3.05. The van der Waals surface area contributed by atoms with Gasteiger partial charge in [0, 0.05) is 23.9 Å². The second kappa shape index (κ2) is 5.71. The Kier molecular flexibility index (Phi) is 4.16. The van der Waals surface area contributed by atoms with Crippen molar-refractivity contribution in [2.75, 3.05) is 5.32 Å². The fourth-order valence-electron chi connectivity index (χ4n) is 1.84. The number of alkyl halides is 3. The van der Waals surface area contributed by atoms with Gasteiger partial charge >= 0.3 is 6.18 Å². The summed E-state index contributed by atoms with van der Waals surface area (Å²) in [5.41, 5.74) is 0.252. The summed E-state index contributed by atoms with van der Waals surface area (Å²) in [6.45, 7) is 1.61. The highest BCUT2D eigenvalue weighted by molar-refractivity contribution is 5.53. The van der Waals surface area contributed by atoms with Crippen molar-refractivity contribution < 1.29 is 22.0 Å². The Balaban J connectivity index is 2.19. The molecule has 0 aromatic heterocycles. The predicted molar refractivity (Wildman–Crippen MR) is 69.9 cm³/mol. The van der Waals surface area contributed by atoms with E-state index in [2.05, 4.69) is 5.32 Å². The molecule has 0 aliphatic heterocycles. The highest BCUT2D eigenvalue weighted by Gasteiger charge is 2.30. The zero-order valence-corrected chi connectivity index (χ0v) is 11.1. The molecule has 2 aromatic carbocycles. The van der Waals surface area contributed by atoms with E-state index in [9.17, 15) is 22.0 Å². The number of benzene rings is 2. The Hall–Kier alpha value is -2.11. The van der Waals surface area contributed by atoms with Gasteiger partial charge in [-0.15, -0.1) is 0 Å². The molecule has 0 amide bonds. The number of nitrogens with one attached hydrogen (secondary N) is 1. The number of anilines is 1. The summed E-state index contributed by atoms with van der Waals surface area (Å²) in [4.78, 5) is 0. The molecule has 2 rings (SSSR count). The average Bonchev–Trinajstić information content (AvgIpc) is 2.38. The van der Waals surface area contributed by atoms with Crippen molar-refractivity contribution in [3.63, 3.8) is 0 Å². The van der Waals surface area contributed by atoms with Crippen molar-refractivity contribution in [2.45, 2.75) is 19.6 Å². The fraction of sp³-hybridized carbons (Fsp3) is 0.200. The Morgan fingerprint density at radius 1 is 1.00 bits per heavy atom. The molecule has 21 heavy (non-hydrogen) atoms. The van der Waals surface area contributed by atoms with E-state index >= 15 is 0 Å². The van der Waals surface area contributed by atoms with Crippen LogP contribution in [0.25, 0.3) is 0 Å². The van der Waals surface area contributed by atoms with Crippen LogP contribution in [-0.2, 0) is 12.7 Å². The van der Waals surface area contributed by atoms with Gasteiger partial charge in [0.15, 0.2) is 0 Å². The summed E-state index contributed by atoms with van der Waals surface area (Å²) in [5.74, 6) is -1.45. The van der Waals surface area contributed by atoms with E-state index < -0.39 is 23.4 Å². The molecule has 1 nitrogen and oxygen atoms in total. The maximum absolute atomic E-state index is 13.5. The molecule has 0 bridgehead atoms. The zero-order chi connectivity index (χ0) is 15.6. The van der Waals surface area contributed by atoms with Crippen molar-refractivity contribution in [1.82, 2.24) is 0 Å². The highest BCUT2D eigenvalue weighted by Crippen LogP contribution is 2.32. The Labute approximate surface area is 118 Å². The Morgan fingerprint density at radius 3 is 2.33 bits per heavy atom. The van der Waals surface area contributed by atoms with Crippen LogP contribution in [0.2, 0.25) is 0 Å². The first-order valence-electron chi connectivity index (χ1n) is 6.13. The van der Waals surface area contributed by atoms with Crippen LogP contribution in [0.1, 0.15) is 16.7 Å². The number of hydrogen-bond acceptors (Lipinski definition) is 1. The minimum atomic E-state index is -4.44. The smallest absolute Gasteiger partial charge is 0.381 e. The van der Waals surface area contributed by atoms with Crippen molar-refractivity contribution >= 4 is 5.69 Å². The molecular formula is C15H12F5N. The minimum Gasteiger partial charge on any atom is -0.381 e. The van der Waals surface area contributed by atoms with Gasteiger partial charge in [-0.3, -0.25) is 0 Å². The summed E-state index contributed by atoms with van der Waals surface area (Å²) in [6, 6.07) is 6.37. The van der Waals surface area contributed by atoms with Gasteiger partial charge in [0.2, 0.25) is 0 Å². The lowest BCUT2D eigenvalue weighted by molar-refractivity contribution is -0.137. The lowest BCUT2D eigenvalue weighted by atomic mass is 10.1. The predicted octanol–water partition coefficient (Wildman–Crippen LogP) is 4.90. The Morgan fingerprint density at radius 2 is 1.71 bits per heavy atom. The zero-order valence-electron chi connectivity index (χ0n) is 11.1. The maximum atomic E-state index is 13.5. The molecule has 2 aromatic rings. The molecule has 0 saturated heterocycles. The molecule has 0 spiro atoms. The van der Waals surface area contributed by atoms with Crippen molar-refractivity contribution in [1.29, 1.82) is 0 Å². The second-order valence-corrected chi connectivity index (χ2v) is 4.62. The molecule has 0 aliphatic carbocycles. The van der Waals surface area contributed by atoms with Crippen molar-refractivity contribution in [2.24, 2.45) is 0 Å². The van der Waals surface area contributed by atoms with Crippen LogP contribution in [0.3, 0.4) is 0 Å². The van der Waals surface area contributed by atoms with Crippen LogP contribution in [-0.4, -0.2) is 0 Å². The monoisotopic (exact) mass is 301 g/mol. The normalized spacial score (nSPS) is 11.5. The maximum Gasteiger partial charge on any atom is 0.416 e. The Bertz CT molecular complexity index is 649. The van der Waals surface area contributed by atoms with Gasteiger partial charge in [-0.1, -0.05) is 12.1 Å². The first-order chi connectivity index (χ1) is 9.77. The first-order valence-corrected chi connectivity index (χ1v) is 6.13. The molecule has 6 heteroatoms. The summed E-state index contributed by atoms with van der Waals surface area (Å²) in [6.07, 6.45) is -4.44. The van der Waals surface area contributed by atoms with E-state index in [0.717, 1.165) is 24.3 Å². The quantitative estimate of drug-likeness (QED) is 0.795. The van der Waals surface area contributed by atoms with Gasteiger partial charge in [-0.2, -0.15) is 13.2 Å². The molecule has 0 heterocycles. The standard InChI is InChI=1S/C15H12F5N/c1-9-2-4-11(15(18,19)20)6-14(9)21-8-10-3-5-12(16)7-13(10)17/h2-7,21H,8H2,1H3. The summed E-state index contributed by atoms with van der Waals surface area (Å²) in [7, 11) is 0. The molecule has 112 valence electrons. The lowest BCUT2D eigenvalue weighted by Gasteiger charge is -2.13. The van der Waals surface area contributed by atoms with E-state index in [0.29, 0.717) is 5.56 Å². The molecule has 0 radical (unpaired) electrons. The number of hydrogen-bond donors (Lipinski definition) is 1. The van der Waals surface area contributed by atoms with E-state index in [1.165, 1.54) is 12.1 Å². The van der Waals surface area contributed by atoms with Crippen LogP contribution in [0.4, 0.5) is 27.6 Å². The highest BCUT2D eigenvalue weighted by atomic mass is 19.4. The third kappa shape index (κ3) is 3.71. The molecule has 0 fully saturated rings. The van der Waals surface area contributed by atoms with E-state index in [-0.39, 0.29) is 17.8 Å². The van der Waals surface area contributed by atoms with Gasteiger partial charge in [-0.05, 0) is 30.7 Å². The first kappa shape index (κ1) is 15.3. The molecule has 1 N–H and O–H groups in total. The summed E-state index contributed by atoms with van der Waals surface area (Å²) in [5, 5.41) is 2.74. The van der Waals surface area contributed by atoms with Crippen LogP contribution >= 0.6 is 0 Å². The summed E-state index contributed by atoms with van der Waals surface area (Å²) >= 11 is 0. The molecule has 0 atom stereocenters. The topological polar surface area (TPSA) is 12.0 Å². The van der Waals surface area contributed by atoms with Crippen molar-refractivity contribution in [3.8, 4) is 0 Å². The van der Waals surface area contributed by atoms with E-state index in [1.54, 1.807) is 6.92 Å².